The fourth-order valence-electron chi connectivity index (χ4n) is 2.91. The maximum absolute atomic E-state index is 12.4. The van der Waals surface area contributed by atoms with E-state index in [0.717, 1.165) is 16.5 Å². The molecule has 5 nitrogen and oxygen atoms in total. The Morgan fingerprint density at radius 3 is 2.88 bits per heavy atom. The summed E-state index contributed by atoms with van der Waals surface area (Å²) in [6.07, 6.45) is 4.36. The maximum Gasteiger partial charge on any atom is 0.336 e. The second-order valence-electron chi connectivity index (χ2n) is 6.30. The second-order valence-corrected chi connectivity index (χ2v) is 6.30. The van der Waals surface area contributed by atoms with Gasteiger partial charge in [0.05, 0.1) is 6.42 Å². The van der Waals surface area contributed by atoms with Gasteiger partial charge in [-0.05, 0) is 49.1 Å². The predicted molar refractivity (Wildman–Crippen MR) is 96.5 cm³/mol. The highest BCUT2D eigenvalue weighted by Gasteiger charge is 2.13. The van der Waals surface area contributed by atoms with E-state index in [4.69, 9.17) is 4.42 Å². The molecule has 1 N–H and O–H groups in total. The Bertz CT molecular complexity index is 948. The van der Waals surface area contributed by atoms with Crippen LogP contribution in [0.1, 0.15) is 23.6 Å². The number of carbonyl (C=O) groups is 1. The van der Waals surface area contributed by atoms with Crippen molar-refractivity contribution in [3.05, 3.63) is 75.9 Å². The average Bonchev–Trinajstić information content (AvgIpc) is 2.54. The fraction of sp³-hybridized carbons (Fsp3) is 0.250. The molecule has 0 radical (unpaired) electrons. The molecule has 2 heterocycles. The molecule has 25 heavy (non-hydrogen) atoms. The Morgan fingerprint density at radius 2 is 2.12 bits per heavy atom. The van der Waals surface area contributed by atoms with Gasteiger partial charge in [-0.25, -0.2) is 4.79 Å². The van der Waals surface area contributed by atoms with Crippen molar-refractivity contribution in [2.45, 2.75) is 32.7 Å². The summed E-state index contributed by atoms with van der Waals surface area (Å²) < 4.78 is 5.23. The molecule has 3 rings (SSSR count). The number of hydrogen-bond donors (Lipinski definition) is 1. The molecule has 0 saturated heterocycles. The van der Waals surface area contributed by atoms with Crippen LogP contribution in [0.15, 0.2) is 58.0 Å². The minimum atomic E-state index is -0.440. The molecular weight excluding hydrogens is 316 g/mol. The highest BCUT2D eigenvalue weighted by atomic mass is 16.4. The number of rotatable bonds is 5. The van der Waals surface area contributed by atoms with Crippen LogP contribution in [0.5, 0.6) is 0 Å². The van der Waals surface area contributed by atoms with Crippen LogP contribution in [-0.4, -0.2) is 16.9 Å². The lowest BCUT2D eigenvalue weighted by Gasteiger charge is -2.14. The first-order valence-corrected chi connectivity index (χ1v) is 8.23. The zero-order valence-electron chi connectivity index (χ0n) is 14.3. The normalized spacial score (nSPS) is 12.1. The van der Waals surface area contributed by atoms with Gasteiger partial charge < -0.3 is 9.73 Å². The largest absolute Gasteiger partial charge is 0.423 e. The summed E-state index contributed by atoms with van der Waals surface area (Å²) in [7, 11) is 0. The van der Waals surface area contributed by atoms with Gasteiger partial charge in [0.2, 0.25) is 5.91 Å². The van der Waals surface area contributed by atoms with Crippen molar-refractivity contribution in [1.82, 2.24) is 10.3 Å². The highest BCUT2D eigenvalue weighted by molar-refractivity contribution is 5.87. The zero-order chi connectivity index (χ0) is 17.8. The van der Waals surface area contributed by atoms with E-state index in [-0.39, 0.29) is 18.4 Å². The number of benzene rings is 1. The highest BCUT2D eigenvalue weighted by Crippen LogP contribution is 2.19. The smallest absolute Gasteiger partial charge is 0.336 e. The maximum atomic E-state index is 12.4. The Kier molecular flexibility index (Phi) is 4.93. The molecular formula is C20H20N2O3. The molecule has 0 fully saturated rings. The summed E-state index contributed by atoms with van der Waals surface area (Å²) in [5, 5.41) is 3.76. The van der Waals surface area contributed by atoms with Gasteiger partial charge >= 0.3 is 5.63 Å². The number of amides is 1. The third-order valence-electron chi connectivity index (χ3n) is 4.01. The Labute approximate surface area is 145 Å². The topological polar surface area (TPSA) is 72.2 Å². The number of nitrogens with zero attached hydrogens (tertiary/aromatic N) is 1. The number of nitrogens with one attached hydrogen (secondary N) is 1. The minimum absolute atomic E-state index is 0.0228. The molecule has 0 aliphatic carbocycles. The van der Waals surface area contributed by atoms with Gasteiger partial charge in [0.1, 0.15) is 5.58 Å². The SMILES string of the molecule is Cc1ccc2c(CC(=O)NC(C)Cc3cccnc3)cc(=O)oc2c1. The molecule has 128 valence electrons. The molecule has 1 atom stereocenters. The van der Waals surface area contributed by atoms with E-state index in [0.29, 0.717) is 17.6 Å². The van der Waals surface area contributed by atoms with E-state index in [9.17, 15) is 9.59 Å². The molecule has 5 heteroatoms. The molecule has 0 spiro atoms. The first kappa shape index (κ1) is 16.9. The molecule has 0 aliphatic rings. The Morgan fingerprint density at radius 1 is 1.28 bits per heavy atom. The summed E-state index contributed by atoms with van der Waals surface area (Å²) in [6, 6.07) is 10.9. The summed E-state index contributed by atoms with van der Waals surface area (Å²) in [5.74, 6) is -0.121. The van der Waals surface area contributed by atoms with Crippen molar-refractivity contribution in [3.63, 3.8) is 0 Å². The molecule has 1 aromatic carbocycles. The number of aromatic nitrogens is 1. The fourth-order valence-corrected chi connectivity index (χ4v) is 2.91. The van der Waals surface area contributed by atoms with E-state index >= 15 is 0 Å². The van der Waals surface area contributed by atoms with Gasteiger partial charge in [0.25, 0.3) is 0 Å². The van der Waals surface area contributed by atoms with Crippen molar-refractivity contribution >= 4 is 16.9 Å². The van der Waals surface area contributed by atoms with Gasteiger partial charge in [-0.1, -0.05) is 18.2 Å². The zero-order valence-corrected chi connectivity index (χ0v) is 14.3. The molecule has 0 aliphatic heterocycles. The lowest BCUT2D eigenvalue weighted by molar-refractivity contribution is -0.121. The van der Waals surface area contributed by atoms with Crippen molar-refractivity contribution < 1.29 is 9.21 Å². The van der Waals surface area contributed by atoms with Crippen LogP contribution in [0.2, 0.25) is 0 Å². The number of pyridine rings is 1. The van der Waals surface area contributed by atoms with E-state index in [2.05, 4.69) is 10.3 Å². The first-order valence-electron chi connectivity index (χ1n) is 8.23. The van der Waals surface area contributed by atoms with Gasteiger partial charge in [-0.15, -0.1) is 0 Å². The molecule has 0 bridgehead atoms. The van der Waals surface area contributed by atoms with Crippen molar-refractivity contribution in [1.29, 1.82) is 0 Å². The standard InChI is InChI=1S/C20H20N2O3/c1-13-5-6-17-16(11-20(24)25-18(17)8-13)10-19(23)22-14(2)9-15-4-3-7-21-12-15/h3-8,11-12,14H,9-10H2,1-2H3,(H,22,23). The number of fused-ring (bicyclic) bond motifs is 1. The summed E-state index contributed by atoms with van der Waals surface area (Å²) >= 11 is 0. The van der Waals surface area contributed by atoms with Gasteiger partial charge in [-0.2, -0.15) is 0 Å². The molecule has 1 amide bonds. The predicted octanol–water partition coefficient (Wildman–Crippen LogP) is 2.79. The molecule has 3 aromatic rings. The first-order chi connectivity index (χ1) is 12.0. The second kappa shape index (κ2) is 7.30. The monoisotopic (exact) mass is 336 g/mol. The van der Waals surface area contributed by atoms with Crippen LogP contribution in [0, 0.1) is 6.92 Å². The number of hydrogen-bond acceptors (Lipinski definition) is 4. The van der Waals surface area contributed by atoms with Crippen LogP contribution in [0.25, 0.3) is 11.0 Å². The van der Waals surface area contributed by atoms with Gasteiger partial charge in [-0.3, -0.25) is 9.78 Å². The van der Waals surface area contributed by atoms with E-state index in [1.54, 1.807) is 12.4 Å². The van der Waals surface area contributed by atoms with Crippen molar-refractivity contribution in [2.75, 3.05) is 0 Å². The molecule has 1 unspecified atom stereocenters. The summed E-state index contributed by atoms with van der Waals surface area (Å²) in [5.41, 5.74) is 2.82. The van der Waals surface area contributed by atoms with Crippen LogP contribution in [0.3, 0.4) is 0 Å². The molecule has 0 saturated carbocycles. The van der Waals surface area contributed by atoms with Crippen molar-refractivity contribution in [2.24, 2.45) is 0 Å². The number of carbonyl (C=O) groups excluding carboxylic acids is 1. The molecule has 2 aromatic heterocycles. The minimum Gasteiger partial charge on any atom is -0.423 e. The number of aryl methyl sites for hydroxylation is 1. The lowest BCUT2D eigenvalue weighted by Crippen LogP contribution is -2.35. The van der Waals surface area contributed by atoms with Crippen LogP contribution >= 0.6 is 0 Å². The quantitative estimate of drug-likeness (QED) is 0.727. The summed E-state index contributed by atoms with van der Waals surface area (Å²) in [6.45, 7) is 3.88. The lowest BCUT2D eigenvalue weighted by atomic mass is 10.0. The van der Waals surface area contributed by atoms with Crippen LogP contribution in [0.4, 0.5) is 0 Å². The summed E-state index contributed by atoms with van der Waals surface area (Å²) in [4.78, 5) is 28.2. The third kappa shape index (κ3) is 4.32. The van der Waals surface area contributed by atoms with E-state index in [1.807, 2.05) is 44.2 Å². The van der Waals surface area contributed by atoms with Gasteiger partial charge in [0.15, 0.2) is 0 Å². The third-order valence-corrected chi connectivity index (χ3v) is 4.01. The average molecular weight is 336 g/mol. The Hall–Kier alpha value is -2.95. The van der Waals surface area contributed by atoms with Gasteiger partial charge in [0, 0.05) is 29.9 Å². The van der Waals surface area contributed by atoms with Crippen LogP contribution < -0.4 is 10.9 Å². The van der Waals surface area contributed by atoms with Crippen molar-refractivity contribution in [3.8, 4) is 0 Å². The Balaban J connectivity index is 1.72. The van der Waals surface area contributed by atoms with E-state index < -0.39 is 5.63 Å². The van der Waals surface area contributed by atoms with E-state index in [1.165, 1.54) is 6.07 Å². The van der Waals surface area contributed by atoms with Crippen LogP contribution in [-0.2, 0) is 17.6 Å².